The molecule has 0 atom stereocenters. The molecule has 0 aliphatic carbocycles. The summed E-state index contributed by atoms with van der Waals surface area (Å²) in [5.41, 5.74) is 0.978. The van der Waals surface area contributed by atoms with Crippen LogP contribution in [0.1, 0.15) is 19.8 Å². The van der Waals surface area contributed by atoms with Crippen LogP contribution in [-0.2, 0) is 4.79 Å². The van der Waals surface area contributed by atoms with Crippen molar-refractivity contribution < 1.29 is 9.90 Å². The molecule has 3 rings (SSSR count). The first-order valence-corrected chi connectivity index (χ1v) is 10.8. The molecule has 1 saturated heterocycles. The predicted molar refractivity (Wildman–Crippen MR) is 115 cm³/mol. The number of allylic oxidation sites excluding steroid dienone is 2. The van der Waals surface area contributed by atoms with Gasteiger partial charge < -0.3 is 10.0 Å². The summed E-state index contributed by atoms with van der Waals surface area (Å²) in [6, 6.07) is 5.72. The molecule has 1 aromatic carbocycles. The van der Waals surface area contributed by atoms with Crippen molar-refractivity contribution in [3.63, 3.8) is 0 Å². The zero-order valence-electron chi connectivity index (χ0n) is 14.3. The summed E-state index contributed by atoms with van der Waals surface area (Å²) in [5, 5.41) is 11.0. The first kappa shape index (κ1) is 19.8. The van der Waals surface area contributed by atoms with Gasteiger partial charge in [0.05, 0.1) is 22.2 Å². The van der Waals surface area contributed by atoms with Gasteiger partial charge in [-0.2, -0.15) is 0 Å². The molecule has 0 bridgehead atoms. The average molecular weight is 427 g/mol. The van der Waals surface area contributed by atoms with Crippen LogP contribution in [0.4, 0.5) is 5.69 Å². The predicted octanol–water partition coefficient (Wildman–Crippen LogP) is 4.63. The number of thioether (sulfide) groups is 2. The van der Waals surface area contributed by atoms with Crippen LogP contribution < -0.4 is 4.90 Å². The fourth-order valence-electron chi connectivity index (χ4n) is 2.70. The second-order valence-electron chi connectivity index (χ2n) is 5.80. The minimum atomic E-state index is -0.0254. The highest BCUT2D eigenvalue weighted by molar-refractivity contribution is 8.26. The number of β-amino-alcohol motifs (C(OH)–C–C–N with tert-alkyl or cyclic N) is 1. The van der Waals surface area contributed by atoms with E-state index in [1.165, 1.54) is 11.8 Å². The largest absolute Gasteiger partial charge is 0.395 e. The Morgan fingerprint density at radius 3 is 2.77 bits per heavy atom. The van der Waals surface area contributed by atoms with E-state index >= 15 is 0 Å². The summed E-state index contributed by atoms with van der Waals surface area (Å²) >= 11 is 14.4. The Morgan fingerprint density at radius 2 is 2.04 bits per heavy atom. The van der Waals surface area contributed by atoms with E-state index in [-0.39, 0.29) is 12.5 Å². The van der Waals surface area contributed by atoms with Gasteiger partial charge in [-0.3, -0.25) is 9.69 Å². The van der Waals surface area contributed by atoms with E-state index in [9.17, 15) is 9.90 Å². The first-order valence-electron chi connectivity index (χ1n) is 8.36. The van der Waals surface area contributed by atoms with Crippen molar-refractivity contribution in [3.8, 4) is 0 Å². The van der Waals surface area contributed by atoms with E-state index in [1.54, 1.807) is 16.7 Å². The molecule has 138 valence electrons. The van der Waals surface area contributed by atoms with Crippen LogP contribution in [0.3, 0.4) is 0 Å². The number of carbonyl (C=O) groups excluding carboxylic acids is 1. The van der Waals surface area contributed by atoms with Crippen LogP contribution in [0.2, 0.25) is 5.02 Å². The van der Waals surface area contributed by atoms with Crippen molar-refractivity contribution >= 4 is 63.3 Å². The Balaban J connectivity index is 1.82. The number of anilines is 1. The summed E-state index contributed by atoms with van der Waals surface area (Å²) in [6.45, 7) is 3.26. The van der Waals surface area contributed by atoms with Gasteiger partial charge in [-0.25, -0.2) is 0 Å². The fraction of sp³-hybridized carbons (Fsp3) is 0.333. The molecule has 0 aromatic heterocycles. The maximum absolute atomic E-state index is 12.5. The van der Waals surface area contributed by atoms with E-state index < -0.39 is 0 Å². The van der Waals surface area contributed by atoms with E-state index in [1.807, 2.05) is 35.3 Å². The number of fused-ring (bicyclic) bond motifs is 1. The quantitative estimate of drug-likeness (QED) is 0.528. The Hall–Kier alpha value is -0.990. The Labute approximate surface area is 172 Å². The fourth-order valence-corrected chi connectivity index (χ4v) is 5.19. The van der Waals surface area contributed by atoms with Gasteiger partial charge in [0.2, 0.25) is 0 Å². The van der Waals surface area contributed by atoms with E-state index in [4.69, 9.17) is 23.8 Å². The molecule has 8 heteroatoms. The third-order valence-corrected chi connectivity index (χ3v) is 6.76. The van der Waals surface area contributed by atoms with Crippen LogP contribution >= 0.6 is 47.3 Å². The van der Waals surface area contributed by atoms with Crippen LogP contribution in [0, 0.1) is 0 Å². The lowest BCUT2D eigenvalue weighted by Crippen LogP contribution is -2.28. The highest BCUT2D eigenvalue weighted by Crippen LogP contribution is 2.47. The molecule has 1 amide bonds. The molecule has 0 saturated carbocycles. The van der Waals surface area contributed by atoms with E-state index in [2.05, 4.69) is 6.92 Å². The molecule has 0 unspecified atom stereocenters. The number of hydrogen-bond acceptors (Lipinski definition) is 6. The number of thiocarbonyl (C=S) groups is 1. The number of rotatable bonds is 6. The van der Waals surface area contributed by atoms with Gasteiger partial charge >= 0.3 is 0 Å². The molecule has 1 fully saturated rings. The number of amides is 1. The zero-order chi connectivity index (χ0) is 18.7. The van der Waals surface area contributed by atoms with Gasteiger partial charge in [0.15, 0.2) is 0 Å². The van der Waals surface area contributed by atoms with Gasteiger partial charge in [-0.05, 0) is 36.8 Å². The van der Waals surface area contributed by atoms with Gasteiger partial charge in [0.25, 0.3) is 5.91 Å². The Kier molecular flexibility index (Phi) is 6.69. The summed E-state index contributed by atoms with van der Waals surface area (Å²) in [6.07, 6.45) is 5.70. The third kappa shape index (κ3) is 4.12. The molecule has 0 spiro atoms. The van der Waals surface area contributed by atoms with Gasteiger partial charge in [-0.1, -0.05) is 60.7 Å². The summed E-state index contributed by atoms with van der Waals surface area (Å²) in [7, 11) is 0. The molecule has 2 heterocycles. The van der Waals surface area contributed by atoms with Crippen molar-refractivity contribution in [2.75, 3.05) is 24.6 Å². The molecule has 2 aliphatic rings. The van der Waals surface area contributed by atoms with Crippen molar-refractivity contribution in [2.45, 2.75) is 24.7 Å². The summed E-state index contributed by atoms with van der Waals surface area (Å²) in [5.74, 6) is -0.0254. The number of aliphatic hydroxyl groups excluding tert-OH is 1. The molecular weight excluding hydrogens is 408 g/mol. The van der Waals surface area contributed by atoms with Gasteiger partial charge in [0.1, 0.15) is 4.32 Å². The maximum Gasteiger partial charge on any atom is 0.266 e. The molecule has 1 aromatic rings. The normalized spacial score (nSPS) is 20.0. The molecule has 0 radical (unpaired) electrons. The summed E-state index contributed by atoms with van der Waals surface area (Å²) in [4.78, 5) is 17.9. The minimum Gasteiger partial charge on any atom is -0.395 e. The lowest BCUT2D eigenvalue weighted by atomic mass is 10.3. The summed E-state index contributed by atoms with van der Waals surface area (Å²) < 4.78 is 0.620. The van der Waals surface area contributed by atoms with Crippen LogP contribution in [-0.4, -0.2) is 39.9 Å². The first-order chi connectivity index (χ1) is 12.5. The zero-order valence-corrected chi connectivity index (χ0v) is 17.5. The number of unbranched alkanes of at least 4 members (excludes halogenated alkanes) is 1. The van der Waals surface area contributed by atoms with Crippen molar-refractivity contribution in [1.82, 2.24) is 4.90 Å². The molecule has 2 aliphatic heterocycles. The van der Waals surface area contributed by atoms with Crippen LogP contribution in [0.5, 0.6) is 0 Å². The molecule has 1 N–H and O–H groups in total. The van der Waals surface area contributed by atoms with E-state index in [0.717, 1.165) is 28.5 Å². The number of hydrogen-bond donors (Lipinski definition) is 1. The standard InChI is InChI=1S/C18H19ClN2O2S3/c1-2-3-8-21-17(23)15(26-18(21)24)6-7-16-20(9-10-22)13-11-12(19)4-5-14(13)25-16/h4-7,11,22H,2-3,8-10H2,1H3/b15-6+,16-7+. The maximum atomic E-state index is 12.5. The molecule has 4 nitrogen and oxygen atoms in total. The van der Waals surface area contributed by atoms with Crippen LogP contribution in [0.25, 0.3) is 0 Å². The highest BCUT2D eigenvalue weighted by atomic mass is 35.5. The molecule has 26 heavy (non-hydrogen) atoms. The smallest absolute Gasteiger partial charge is 0.266 e. The molecular formula is C18H19ClN2O2S3. The topological polar surface area (TPSA) is 43.8 Å². The number of benzene rings is 1. The monoisotopic (exact) mass is 426 g/mol. The van der Waals surface area contributed by atoms with Crippen molar-refractivity contribution in [2.24, 2.45) is 0 Å². The van der Waals surface area contributed by atoms with Crippen molar-refractivity contribution in [1.29, 1.82) is 0 Å². The van der Waals surface area contributed by atoms with Gasteiger partial charge in [0, 0.05) is 23.0 Å². The van der Waals surface area contributed by atoms with E-state index in [0.29, 0.717) is 27.3 Å². The number of halogens is 1. The lowest BCUT2D eigenvalue weighted by Gasteiger charge is -2.19. The third-order valence-electron chi connectivity index (χ3n) is 4.00. The Morgan fingerprint density at radius 1 is 1.23 bits per heavy atom. The minimum absolute atomic E-state index is 0.0254. The van der Waals surface area contributed by atoms with Crippen molar-refractivity contribution in [3.05, 3.63) is 45.3 Å². The number of nitrogens with zero attached hydrogens (tertiary/aromatic N) is 2. The van der Waals surface area contributed by atoms with Crippen LogP contribution in [0.15, 0.2) is 45.2 Å². The average Bonchev–Trinajstić information content (AvgIpc) is 3.09. The van der Waals surface area contributed by atoms with Gasteiger partial charge in [-0.15, -0.1) is 0 Å². The number of aliphatic hydroxyl groups is 1. The second kappa shape index (κ2) is 8.80. The Bertz CT molecular complexity index is 795. The lowest BCUT2D eigenvalue weighted by molar-refractivity contribution is -0.122. The second-order valence-corrected chi connectivity index (χ2v) is 8.98. The SMILES string of the molecule is CCCCN1C(=O)/C(=C\C=C2\Sc3ccc(Cl)cc3N2CCO)SC1=S. The highest BCUT2D eigenvalue weighted by Gasteiger charge is 2.31. The number of carbonyl (C=O) groups is 1.